The van der Waals surface area contributed by atoms with Gasteiger partial charge in [-0.25, -0.2) is 4.39 Å². The standard InChI is InChI=1S/C16H12FNO2S/c17-11-4-2-10(3-5-11)15-14(16(18)20)12-7-9(8-19)1-6-13(12)21-15/h1-7,19H,8H2,(H2,18,20). The summed E-state index contributed by atoms with van der Waals surface area (Å²) >= 11 is 1.43. The van der Waals surface area contributed by atoms with E-state index in [4.69, 9.17) is 5.73 Å². The number of carbonyl (C=O) groups is 1. The van der Waals surface area contributed by atoms with Gasteiger partial charge in [-0.2, -0.15) is 0 Å². The van der Waals surface area contributed by atoms with Gasteiger partial charge in [0.2, 0.25) is 0 Å². The number of benzene rings is 2. The van der Waals surface area contributed by atoms with Crippen molar-refractivity contribution in [3.05, 3.63) is 59.4 Å². The van der Waals surface area contributed by atoms with Crippen LogP contribution in [0.15, 0.2) is 42.5 Å². The van der Waals surface area contributed by atoms with E-state index < -0.39 is 5.91 Å². The molecule has 106 valence electrons. The van der Waals surface area contributed by atoms with Gasteiger partial charge in [-0.1, -0.05) is 18.2 Å². The van der Waals surface area contributed by atoms with E-state index in [1.165, 1.54) is 23.5 Å². The van der Waals surface area contributed by atoms with Crippen LogP contribution in [0.25, 0.3) is 20.5 Å². The van der Waals surface area contributed by atoms with Gasteiger partial charge in [0.25, 0.3) is 5.91 Å². The Kier molecular flexibility index (Phi) is 3.45. The summed E-state index contributed by atoms with van der Waals surface area (Å²) in [6, 6.07) is 11.4. The molecule has 0 bridgehead atoms. The van der Waals surface area contributed by atoms with Gasteiger partial charge in [0, 0.05) is 15.0 Å². The van der Waals surface area contributed by atoms with Crippen LogP contribution in [0, 0.1) is 5.82 Å². The third kappa shape index (κ3) is 2.41. The molecule has 0 aliphatic rings. The van der Waals surface area contributed by atoms with E-state index in [2.05, 4.69) is 0 Å². The first-order valence-electron chi connectivity index (χ1n) is 6.32. The van der Waals surface area contributed by atoms with Crippen LogP contribution in [-0.4, -0.2) is 11.0 Å². The number of fused-ring (bicyclic) bond motifs is 1. The van der Waals surface area contributed by atoms with E-state index in [0.717, 1.165) is 15.6 Å². The van der Waals surface area contributed by atoms with Gasteiger partial charge < -0.3 is 10.8 Å². The number of hydrogen-bond acceptors (Lipinski definition) is 3. The largest absolute Gasteiger partial charge is 0.392 e. The fourth-order valence-electron chi connectivity index (χ4n) is 2.29. The highest BCUT2D eigenvalue weighted by Crippen LogP contribution is 2.38. The van der Waals surface area contributed by atoms with Crippen LogP contribution in [0.5, 0.6) is 0 Å². The maximum atomic E-state index is 13.0. The summed E-state index contributed by atoms with van der Waals surface area (Å²) in [5.41, 5.74) is 7.39. The van der Waals surface area contributed by atoms with Crippen molar-refractivity contribution in [1.29, 1.82) is 0 Å². The highest BCUT2D eigenvalue weighted by molar-refractivity contribution is 7.22. The summed E-state index contributed by atoms with van der Waals surface area (Å²) in [5, 5.41) is 9.95. The highest BCUT2D eigenvalue weighted by atomic mass is 32.1. The second kappa shape index (κ2) is 5.27. The van der Waals surface area contributed by atoms with E-state index in [1.54, 1.807) is 24.3 Å². The zero-order valence-corrected chi connectivity index (χ0v) is 11.8. The molecule has 3 rings (SSSR count). The van der Waals surface area contributed by atoms with Gasteiger partial charge in [-0.05, 0) is 35.4 Å². The van der Waals surface area contributed by atoms with Crippen molar-refractivity contribution >= 4 is 27.3 Å². The molecule has 3 nitrogen and oxygen atoms in total. The molecule has 0 aliphatic heterocycles. The molecular formula is C16H12FNO2S. The lowest BCUT2D eigenvalue weighted by molar-refractivity contribution is 0.100. The minimum Gasteiger partial charge on any atom is -0.392 e. The van der Waals surface area contributed by atoms with E-state index in [0.29, 0.717) is 16.0 Å². The van der Waals surface area contributed by atoms with Crippen molar-refractivity contribution in [2.75, 3.05) is 0 Å². The quantitative estimate of drug-likeness (QED) is 0.779. The average molecular weight is 301 g/mol. The summed E-state index contributed by atoms with van der Waals surface area (Å²) in [4.78, 5) is 12.5. The summed E-state index contributed by atoms with van der Waals surface area (Å²) < 4.78 is 14.0. The Labute approximate surface area is 124 Å². The number of halogens is 1. The molecule has 0 saturated heterocycles. The lowest BCUT2D eigenvalue weighted by Gasteiger charge is -2.02. The third-order valence-electron chi connectivity index (χ3n) is 3.29. The lowest BCUT2D eigenvalue weighted by Crippen LogP contribution is -2.11. The van der Waals surface area contributed by atoms with Gasteiger partial charge in [0.05, 0.1) is 12.2 Å². The van der Waals surface area contributed by atoms with Crippen LogP contribution in [0.3, 0.4) is 0 Å². The predicted molar refractivity (Wildman–Crippen MR) is 81.7 cm³/mol. The van der Waals surface area contributed by atoms with Gasteiger partial charge in [0.1, 0.15) is 5.82 Å². The summed E-state index contributed by atoms with van der Waals surface area (Å²) in [6.45, 7) is -0.101. The Morgan fingerprint density at radius 3 is 2.52 bits per heavy atom. The number of thiophene rings is 1. The van der Waals surface area contributed by atoms with Crippen molar-refractivity contribution in [2.45, 2.75) is 6.61 Å². The number of hydrogen-bond donors (Lipinski definition) is 2. The smallest absolute Gasteiger partial charge is 0.250 e. The fourth-order valence-corrected chi connectivity index (χ4v) is 3.49. The zero-order chi connectivity index (χ0) is 15.0. The topological polar surface area (TPSA) is 63.3 Å². The first-order valence-corrected chi connectivity index (χ1v) is 7.14. The molecule has 0 spiro atoms. The molecule has 21 heavy (non-hydrogen) atoms. The second-order valence-electron chi connectivity index (χ2n) is 4.67. The van der Waals surface area contributed by atoms with Crippen LogP contribution in [0.2, 0.25) is 0 Å². The third-order valence-corrected chi connectivity index (χ3v) is 4.51. The normalized spacial score (nSPS) is 11.0. The molecule has 0 saturated carbocycles. The Morgan fingerprint density at radius 2 is 1.90 bits per heavy atom. The first-order chi connectivity index (χ1) is 10.1. The Bertz CT molecular complexity index is 824. The minimum absolute atomic E-state index is 0.101. The molecule has 3 aromatic rings. The molecule has 0 unspecified atom stereocenters. The van der Waals surface area contributed by atoms with Gasteiger partial charge in [-0.15, -0.1) is 11.3 Å². The first kappa shape index (κ1) is 13.7. The van der Waals surface area contributed by atoms with Crippen molar-refractivity contribution in [3.63, 3.8) is 0 Å². The number of aliphatic hydroxyl groups excluding tert-OH is 1. The molecule has 2 aromatic carbocycles. The van der Waals surface area contributed by atoms with Crippen molar-refractivity contribution in [2.24, 2.45) is 5.73 Å². The van der Waals surface area contributed by atoms with Gasteiger partial charge in [0.15, 0.2) is 0 Å². The monoisotopic (exact) mass is 301 g/mol. The molecule has 5 heteroatoms. The maximum absolute atomic E-state index is 13.0. The molecular weight excluding hydrogens is 289 g/mol. The SMILES string of the molecule is NC(=O)c1c(-c2ccc(F)cc2)sc2ccc(CO)cc12. The number of aliphatic hydroxyl groups is 1. The molecule has 0 aliphatic carbocycles. The van der Waals surface area contributed by atoms with E-state index >= 15 is 0 Å². The highest BCUT2D eigenvalue weighted by Gasteiger charge is 2.18. The summed E-state index contributed by atoms with van der Waals surface area (Å²) in [6.07, 6.45) is 0. The molecule has 1 heterocycles. The van der Waals surface area contributed by atoms with E-state index in [9.17, 15) is 14.3 Å². The second-order valence-corrected chi connectivity index (χ2v) is 5.72. The lowest BCUT2D eigenvalue weighted by atomic mass is 10.0. The Morgan fingerprint density at radius 1 is 1.19 bits per heavy atom. The number of amides is 1. The molecule has 1 aromatic heterocycles. The van der Waals surface area contributed by atoms with Crippen LogP contribution in [0.4, 0.5) is 4.39 Å². The van der Waals surface area contributed by atoms with Gasteiger partial charge in [-0.3, -0.25) is 4.79 Å². The van der Waals surface area contributed by atoms with Crippen LogP contribution < -0.4 is 5.73 Å². The Balaban J connectivity index is 2.29. The van der Waals surface area contributed by atoms with E-state index in [-0.39, 0.29) is 12.4 Å². The van der Waals surface area contributed by atoms with Crippen LogP contribution in [-0.2, 0) is 6.61 Å². The molecule has 3 N–H and O–H groups in total. The zero-order valence-electron chi connectivity index (χ0n) is 11.0. The molecule has 0 radical (unpaired) electrons. The number of carbonyl (C=O) groups excluding carboxylic acids is 1. The summed E-state index contributed by atoms with van der Waals surface area (Å²) in [7, 11) is 0. The van der Waals surface area contributed by atoms with E-state index in [1.807, 2.05) is 6.07 Å². The number of rotatable bonds is 3. The van der Waals surface area contributed by atoms with Crippen LogP contribution >= 0.6 is 11.3 Å². The van der Waals surface area contributed by atoms with Crippen molar-refractivity contribution in [3.8, 4) is 10.4 Å². The molecule has 1 amide bonds. The van der Waals surface area contributed by atoms with Gasteiger partial charge >= 0.3 is 0 Å². The average Bonchev–Trinajstić information content (AvgIpc) is 2.86. The van der Waals surface area contributed by atoms with Crippen molar-refractivity contribution < 1.29 is 14.3 Å². The fraction of sp³-hybridized carbons (Fsp3) is 0.0625. The number of nitrogens with two attached hydrogens (primary N) is 1. The maximum Gasteiger partial charge on any atom is 0.250 e. The molecule has 0 atom stereocenters. The number of primary amides is 1. The van der Waals surface area contributed by atoms with Crippen molar-refractivity contribution in [1.82, 2.24) is 0 Å². The summed E-state index contributed by atoms with van der Waals surface area (Å²) in [5.74, 6) is -0.862. The minimum atomic E-state index is -0.532. The molecule has 0 fully saturated rings. The predicted octanol–water partition coefficient (Wildman–Crippen LogP) is 3.30. The van der Waals surface area contributed by atoms with Crippen LogP contribution in [0.1, 0.15) is 15.9 Å². The Hall–Kier alpha value is -2.24.